The van der Waals surface area contributed by atoms with Crippen LogP contribution in [-0.4, -0.2) is 25.0 Å². The van der Waals surface area contributed by atoms with E-state index in [4.69, 9.17) is 0 Å². The first-order valence-electron chi connectivity index (χ1n) is 8.21. The van der Waals surface area contributed by atoms with E-state index in [1.165, 1.54) is 10.9 Å². The van der Waals surface area contributed by atoms with Crippen LogP contribution in [0.2, 0.25) is 0 Å². The molecule has 0 bridgehead atoms. The average Bonchev–Trinajstić information content (AvgIpc) is 3.06. The van der Waals surface area contributed by atoms with Crippen LogP contribution in [0.1, 0.15) is 17.5 Å². The number of fused-ring (bicyclic) bond motifs is 1. The number of hydrogen-bond acceptors (Lipinski definition) is 2. The lowest BCUT2D eigenvalue weighted by Gasteiger charge is -2.13. The molecule has 124 valence electrons. The number of aryl methyl sites for hydroxylation is 1. The van der Waals surface area contributed by atoms with Crippen molar-refractivity contribution in [3.8, 4) is 0 Å². The van der Waals surface area contributed by atoms with Crippen LogP contribution in [0.5, 0.6) is 0 Å². The number of H-pyrrole nitrogens is 1. The maximum absolute atomic E-state index is 12.1. The first kappa shape index (κ1) is 16.1. The van der Waals surface area contributed by atoms with Crippen LogP contribution >= 0.6 is 0 Å². The summed E-state index contributed by atoms with van der Waals surface area (Å²) in [5, 5.41) is 4.19. The zero-order chi connectivity index (χ0) is 16.9. The number of rotatable bonds is 6. The van der Waals surface area contributed by atoms with E-state index in [0.717, 1.165) is 23.2 Å². The topological polar surface area (TPSA) is 48.1 Å². The molecule has 0 radical (unpaired) electrons. The lowest BCUT2D eigenvalue weighted by molar-refractivity contribution is -0.121. The van der Waals surface area contributed by atoms with Crippen LogP contribution in [0, 0.1) is 0 Å². The Labute approximate surface area is 142 Å². The molecule has 4 nitrogen and oxygen atoms in total. The van der Waals surface area contributed by atoms with Gasteiger partial charge in [-0.3, -0.25) is 4.79 Å². The smallest absolute Gasteiger partial charge is 0.220 e. The highest BCUT2D eigenvalue weighted by molar-refractivity contribution is 5.80. The van der Waals surface area contributed by atoms with Crippen molar-refractivity contribution in [2.75, 3.05) is 19.0 Å². The monoisotopic (exact) mass is 321 g/mol. The minimum absolute atomic E-state index is 0.0817. The molecule has 2 aromatic carbocycles. The van der Waals surface area contributed by atoms with E-state index < -0.39 is 0 Å². The predicted molar refractivity (Wildman–Crippen MR) is 99.2 cm³/mol. The SMILES string of the molecule is CN(C)c1ccc(CNC(=O)CCc2ccc3cc[nH]c3c2)cc1. The highest BCUT2D eigenvalue weighted by Crippen LogP contribution is 2.15. The highest BCUT2D eigenvalue weighted by Gasteiger charge is 2.04. The van der Waals surface area contributed by atoms with Crippen molar-refractivity contribution in [1.82, 2.24) is 10.3 Å². The third-order valence-corrected chi connectivity index (χ3v) is 4.20. The van der Waals surface area contributed by atoms with E-state index in [9.17, 15) is 4.79 Å². The van der Waals surface area contributed by atoms with Gasteiger partial charge in [-0.1, -0.05) is 24.3 Å². The second-order valence-electron chi connectivity index (χ2n) is 6.24. The normalized spacial score (nSPS) is 10.8. The van der Waals surface area contributed by atoms with Gasteiger partial charge >= 0.3 is 0 Å². The lowest BCUT2D eigenvalue weighted by Crippen LogP contribution is -2.23. The fourth-order valence-corrected chi connectivity index (χ4v) is 2.71. The minimum Gasteiger partial charge on any atom is -0.378 e. The van der Waals surface area contributed by atoms with Crippen molar-refractivity contribution >= 4 is 22.5 Å². The Morgan fingerprint density at radius 3 is 2.54 bits per heavy atom. The second kappa shape index (κ2) is 7.21. The molecule has 3 rings (SSSR count). The number of nitrogens with one attached hydrogen (secondary N) is 2. The fourth-order valence-electron chi connectivity index (χ4n) is 2.71. The molecule has 1 heterocycles. The first-order chi connectivity index (χ1) is 11.6. The molecule has 0 fully saturated rings. The van der Waals surface area contributed by atoms with E-state index >= 15 is 0 Å². The number of aromatic amines is 1. The quantitative estimate of drug-likeness (QED) is 0.730. The van der Waals surface area contributed by atoms with Crippen LogP contribution in [0.4, 0.5) is 5.69 Å². The van der Waals surface area contributed by atoms with Crippen LogP contribution in [-0.2, 0) is 17.8 Å². The van der Waals surface area contributed by atoms with Crippen molar-refractivity contribution < 1.29 is 4.79 Å². The van der Waals surface area contributed by atoms with Gasteiger partial charge in [0.05, 0.1) is 0 Å². The molecular formula is C20H23N3O. The first-order valence-corrected chi connectivity index (χ1v) is 8.21. The van der Waals surface area contributed by atoms with Gasteiger partial charge in [0.2, 0.25) is 5.91 Å². The van der Waals surface area contributed by atoms with Crippen molar-refractivity contribution in [2.45, 2.75) is 19.4 Å². The van der Waals surface area contributed by atoms with Crippen molar-refractivity contribution in [3.63, 3.8) is 0 Å². The van der Waals surface area contributed by atoms with Crippen LogP contribution in [0.25, 0.3) is 10.9 Å². The Hall–Kier alpha value is -2.75. The summed E-state index contributed by atoms with van der Waals surface area (Å²) in [5.41, 5.74) is 4.57. The van der Waals surface area contributed by atoms with E-state index in [1.54, 1.807) is 0 Å². The number of aromatic nitrogens is 1. The largest absolute Gasteiger partial charge is 0.378 e. The molecule has 0 saturated heterocycles. The van der Waals surface area contributed by atoms with Gasteiger partial charge in [-0.25, -0.2) is 0 Å². The van der Waals surface area contributed by atoms with Gasteiger partial charge in [0, 0.05) is 44.5 Å². The summed E-state index contributed by atoms with van der Waals surface area (Å²) in [6.07, 6.45) is 3.19. The van der Waals surface area contributed by atoms with Crippen LogP contribution < -0.4 is 10.2 Å². The molecule has 24 heavy (non-hydrogen) atoms. The van der Waals surface area contributed by atoms with Gasteiger partial charge in [-0.05, 0) is 47.2 Å². The van der Waals surface area contributed by atoms with Crippen molar-refractivity contribution in [2.24, 2.45) is 0 Å². The third kappa shape index (κ3) is 3.96. The summed E-state index contributed by atoms with van der Waals surface area (Å²) in [7, 11) is 4.03. The summed E-state index contributed by atoms with van der Waals surface area (Å²) < 4.78 is 0. The minimum atomic E-state index is 0.0817. The standard InChI is InChI=1S/C20H23N3O/c1-23(2)18-8-4-16(5-9-18)14-22-20(24)10-6-15-3-7-17-11-12-21-19(17)13-15/h3-5,7-9,11-13,21H,6,10,14H2,1-2H3,(H,22,24). The summed E-state index contributed by atoms with van der Waals surface area (Å²) in [4.78, 5) is 17.3. The molecular weight excluding hydrogens is 298 g/mol. The summed E-state index contributed by atoms with van der Waals surface area (Å²) in [5.74, 6) is 0.0817. The fraction of sp³-hybridized carbons (Fsp3) is 0.250. The number of amides is 1. The molecule has 0 spiro atoms. The maximum Gasteiger partial charge on any atom is 0.220 e. The Morgan fingerprint density at radius 2 is 1.79 bits per heavy atom. The highest BCUT2D eigenvalue weighted by atomic mass is 16.1. The molecule has 0 atom stereocenters. The Morgan fingerprint density at radius 1 is 1.04 bits per heavy atom. The molecule has 2 N–H and O–H groups in total. The van der Waals surface area contributed by atoms with E-state index in [1.807, 2.05) is 26.4 Å². The van der Waals surface area contributed by atoms with Crippen LogP contribution in [0.3, 0.4) is 0 Å². The molecule has 1 aromatic heterocycles. The number of hydrogen-bond donors (Lipinski definition) is 2. The Kier molecular flexibility index (Phi) is 4.85. The Balaban J connectivity index is 1.48. The molecule has 0 aliphatic heterocycles. The van der Waals surface area contributed by atoms with E-state index in [0.29, 0.717) is 13.0 Å². The van der Waals surface area contributed by atoms with E-state index in [2.05, 4.69) is 57.7 Å². The predicted octanol–water partition coefficient (Wildman–Crippen LogP) is 3.48. The molecule has 0 aliphatic rings. The van der Waals surface area contributed by atoms with Crippen molar-refractivity contribution in [3.05, 3.63) is 65.9 Å². The van der Waals surface area contributed by atoms with Gasteiger partial charge in [0.1, 0.15) is 0 Å². The zero-order valence-electron chi connectivity index (χ0n) is 14.2. The van der Waals surface area contributed by atoms with Gasteiger partial charge < -0.3 is 15.2 Å². The van der Waals surface area contributed by atoms with Gasteiger partial charge in [-0.15, -0.1) is 0 Å². The van der Waals surface area contributed by atoms with Crippen LogP contribution in [0.15, 0.2) is 54.7 Å². The van der Waals surface area contributed by atoms with E-state index in [-0.39, 0.29) is 5.91 Å². The van der Waals surface area contributed by atoms with Gasteiger partial charge in [-0.2, -0.15) is 0 Å². The molecule has 4 heteroatoms. The number of nitrogens with zero attached hydrogens (tertiary/aromatic N) is 1. The maximum atomic E-state index is 12.1. The zero-order valence-corrected chi connectivity index (χ0v) is 14.2. The third-order valence-electron chi connectivity index (χ3n) is 4.20. The second-order valence-corrected chi connectivity index (χ2v) is 6.24. The number of anilines is 1. The molecule has 0 saturated carbocycles. The average molecular weight is 321 g/mol. The lowest BCUT2D eigenvalue weighted by atomic mass is 10.1. The van der Waals surface area contributed by atoms with Gasteiger partial charge in [0.25, 0.3) is 0 Å². The number of benzene rings is 2. The molecule has 0 unspecified atom stereocenters. The molecule has 3 aromatic rings. The van der Waals surface area contributed by atoms with Gasteiger partial charge in [0.15, 0.2) is 0 Å². The summed E-state index contributed by atoms with van der Waals surface area (Å²) in [6, 6.07) is 16.6. The summed E-state index contributed by atoms with van der Waals surface area (Å²) in [6.45, 7) is 0.572. The number of carbonyl (C=O) groups is 1. The molecule has 0 aliphatic carbocycles. The Bertz CT molecular complexity index is 818. The molecule has 1 amide bonds. The number of carbonyl (C=O) groups excluding carboxylic acids is 1. The van der Waals surface area contributed by atoms with Crippen molar-refractivity contribution in [1.29, 1.82) is 0 Å². The summed E-state index contributed by atoms with van der Waals surface area (Å²) >= 11 is 0.